The number of fused-ring (bicyclic) bond motifs is 2. The molecule has 0 N–H and O–H groups in total. The third kappa shape index (κ3) is 6.81. The van der Waals surface area contributed by atoms with E-state index in [1.54, 1.807) is 19.1 Å². The van der Waals surface area contributed by atoms with Crippen molar-refractivity contribution in [2.24, 2.45) is 5.41 Å². The zero-order chi connectivity index (χ0) is 34.7. The molecule has 49 heavy (non-hydrogen) atoms. The maximum Gasteiger partial charge on any atom is 0.452 e. The van der Waals surface area contributed by atoms with Gasteiger partial charge in [-0.15, -0.1) is 10.2 Å². The molecule has 7 rings (SSSR count). The molecule has 3 aromatic heterocycles. The summed E-state index contributed by atoms with van der Waals surface area (Å²) >= 11 is 0. The lowest BCUT2D eigenvalue weighted by Crippen LogP contribution is -2.35. The van der Waals surface area contributed by atoms with Gasteiger partial charge in [0.15, 0.2) is 5.65 Å². The summed E-state index contributed by atoms with van der Waals surface area (Å²) in [7, 11) is -1.52. The van der Waals surface area contributed by atoms with Crippen molar-refractivity contribution >= 4 is 16.6 Å². The molecule has 3 aliphatic rings. The molecule has 2 aliphatic heterocycles. The topological polar surface area (TPSA) is 85.1 Å². The number of alkyl halides is 3. The number of hydrogen-bond acceptors (Lipinski definition) is 7. The maximum absolute atomic E-state index is 14.2. The molecule has 0 amide bonds. The number of benzene rings is 1. The maximum atomic E-state index is 14.2. The molecule has 1 aromatic carbocycles. The summed E-state index contributed by atoms with van der Waals surface area (Å²) in [5.74, 6) is -0.346. The molecule has 4 aromatic rings. The van der Waals surface area contributed by atoms with E-state index in [1.165, 1.54) is 19.0 Å². The molecule has 9 nitrogen and oxygen atoms in total. The molecule has 2 atom stereocenters. The highest BCUT2D eigenvalue weighted by molar-refractivity contribution is 7.82. The van der Waals surface area contributed by atoms with Gasteiger partial charge in [0.1, 0.15) is 28.1 Å². The number of aryl methyl sites for hydroxylation is 2. The Morgan fingerprint density at radius 1 is 1.04 bits per heavy atom. The number of ether oxygens (including phenoxy) is 2. The number of rotatable bonds is 8. The first kappa shape index (κ1) is 33.9. The van der Waals surface area contributed by atoms with E-state index in [2.05, 4.69) is 59.1 Å². The van der Waals surface area contributed by atoms with Gasteiger partial charge in [0.05, 0.1) is 6.54 Å². The molecule has 0 bridgehead atoms. The molecular weight excluding hydrogens is 653 g/mol. The van der Waals surface area contributed by atoms with E-state index in [0.29, 0.717) is 41.9 Å². The number of aromatic nitrogens is 4. The van der Waals surface area contributed by atoms with Gasteiger partial charge in [0, 0.05) is 31.3 Å². The van der Waals surface area contributed by atoms with Gasteiger partial charge >= 0.3 is 6.18 Å². The first-order chi connectivity index (χ1) is 23.2. The van der Waals surface area contributed by atoms with Crippen LogP contribution in [0.5, 0.6) is 11.8 Å². The molecule has 2 unspecified atom stereocenters. The number of pyridine rings is 2. The van der Waals surface area contributed by atoms with E-state index in [1.807, 2.05) is 17.3 Å². The van der Waals surface area contributed by atoms with Gasteiger partial charge < -0.3 is 9.47 Å². The molecule has 1 saturated heterocycles. The second kappa shape index (κ2) is 12.6. The molecule has 1 saturated carbocycles. The van der Waals surface area contributed by atoms with Crippen LogP contribution in [0.1, 0.15) is 86.0 Å². The summed E-state index contributed by atoms with van der Waals surface area (Å²) in [6, 6.07) is 11.6. The Bertz CT molecular complexity index is 1900. The number of likely N-dealkylation sites (tertiary alicyclic amines) is 1. The Balaban J connectivity index is 1.17. The van der Waals surface area contributed by atoms with Crippen molar-refractivity contribution in [2.75, 3.05) is 32.8 Å². The van der Waals surface area contributed by atoms with Gasteiger partial charge in [0.25, 0.3) is 0 Å². The van der Waals surface area contributed by atoms with Crippen LogP contribution in [0.4, 0.5) is 13.2 Å². The lowest BCUT2D eigenvalue weighted by Gasteiger charge is -2.33. The Labute approximate surface area is 287 Å². The standard InChI is InChI=1S/C36H43F3N6O3S/c1-23-8-9-25(30(34(3,4)5)27-12-17-45-31(24(27)2)41-42-33(45)36(37,38)39)20-26(23)21-44-22-35(13-14-35)48-32-28(49(44)46)10-11-29(40-32)47-19-18-43-15-6-7-16-43/h8-12,17,20,30H,6-7,13-16,18-19,21-22H2,1-5H3. The molecule has 1 spiro atoms. The highest BCUT2D eigenvalue weighted by atomic mass is 32.2. The summed E-state index contributed by atoms with van der Waals surface area (Å²) in [4.78, 5) is 7.59. The summed E-state index contributed by atoms with van der Waals surface area (Å²) in [6.07, 6.45) is 0.969. The van der Waals surface area contributed by atoms with Crippen molar-refractivity contribution in [3.8, 4) is 11.8 Å². The Morgan fingerprint density at radius 2 is 1.80 bits per heavy atom. The SMILES string of the molecule is Cc1ccc(C(c2ccn3c(C(F)(F)F)nnc3c2C)C(C)(C)C)cc1CN1CC2(CC2)Oc2nc(OCCN3CCCC3)ccc2S1=O. The predicted octanol–water partition coefficient (Wildman–Crippen LogP) is 6.86. The summed E-state index contributed by atoms with van der Waals surface area (Å²) in [6.45, 7) is 14.7. The van der Waals surface area contributed by atoms with Crippen LogP contribution in [0, 0.1) is 19.3 Å². The second-order valence-electron chi connectivity index (χ2n) is 14.8. The van der Waals surface area contributed by atoms with E-state index in [9.17, 15) is 17.4 Å². The number of nitrogens with zero attached hydrogens (tertiary/aromatic N) is 6. The highest BCUT2D eigenvalue weighted by Crippen LogP contribution is 2.47. The van der Waals surface area contributed by atoms with Crippen LogP contribution in [0.2, 0.25) is 0 Å². The smallest absolute Gasteiger partial charge is 0.452 e. The van der Waals surface area contributed by atoms with E-state index in [-0.39, 0.29) is 17.0 Å². The molecule has 1 aliphatic carbocycles. The average molecular weight is 697 g/mol. The van der Waals surface area contributed by atoms with Crippen LogP contribution in [0.15, 0.2) is 47.5 Å². The van der Waals surface area contributed by atoms with Crippen LogP contribution in [0.3, 0.4) is 0 Å². The van der Waals surface area contributed by atoms with E-state index in [0.717, 1.165) is 59.1 Å². The Hall–Kier alpha value is -3.55. The van der Waals surface area contributed by atoms with Gasteiger partial charge in [-0.1, -0.05) is 39.0 Å². The van der Waals surface area contributed by atoms with Crippen LogP contribution in [0.25, 0.3) is 5.65 Å². The Kier molecular flexibility index (Phi) is 8.76. The monoisotopic (exact) mass is 696 g/mol. The molecular formula is C36H43F3N6O3S. The minimum Gasteiger partial charge on any atom is -0.476 e. The number of hydrogen-bond donors (Lipinski definition) is 0. The molecule has 13 heteroatoms. The van der Waals surface area contributed by atoms with Crippen LogP contribution in [-0.4, -0.2) is 71.4 Å². The van der Waals surface area contributed by atoms with Gasteiger partial charge in [-0.05, 0) is 98.0 Å². The van der Waals surface area contributed by atoms with Gasteiger partial charge in [0.2, 0.25) is 17.6 Å². The number of halogens is 3. The molecule has 0 radical (unpaired) electrons. The Morgan fingerprint density at radius 3 is 2.49 bits per heavy atom. The van der Waals surface area contributed by atoms with Crippen LogP contribution >= 0.6 is 0 Å². The normalized spacial score (nSPS) is 20.3. The van der Waals surface area contributed by atoms with Gasteiger partial charge in [-0.3, -0.25) is 9.30 Å². The van der Waals surface area contributed by atoms with Crippen molar-refractivity contribution in [3.63, 3.8) is 0 Å². The van der Waals surface area contributed by atoms with E-state index in [4.69, 9.17) is 9.47 Å². The van der Waals surface area contributed by atoms with Crippen molar-refractivity contribution in [1.29, 1.82) is 0 Å². The summed E-state index contributed by atoms with van der Waals surface area (Å²) < 4.78 is 70.4. The molecule has 5 heterocycles. The first-order valence-corrected chi connectivity index (χ1v) is 18.1. The van der Waals surface area contributed by atoms with Crippen molar-refractivity contribution in [2.45, 2.75) is 89.4 Å². The lowest BCUT2D eigenvalue weighted by molar-refractivity contribution is -0.145. The van der Waals surface area contributed by atoms with Gasteiger partial charge in [-0.2, -0.15) is 18.2 Å². The summed E-state index contributed by atoms with van der Waals surface area (Å²) in [5, 5.41) is 7.39. The minimum atomic E-state index is -4.61. The fourth-order valence-corrected chi connectivity index (χ4v) is 8.54. The third-order valence-electron chi connectivity index (χ3n) is 10.0. The van der Waals surface area contributed by atoms with Crippen molar-refractivity contribution in [3.05, 3.63) is 76.2 Å². The third-order valence-corrected chi connectivity index (χ3v) is 11.4. The zero-order valence-corrected chi connectivity index (χ0v) is 29.5. The summed E-state index contributed by atoms with van der Waals surface area (Å²) in [5.41, 5.74) is 4.09. The second-order valence-corrected chi connectivity index (χ2v) is 16.2. The van der Waals surface area contributed by atoms with Crippen LogP contribution in [-0.2, 0) is 23.7 Å². The first-order valence-electron chi connectivity index (χ1n) is 17.0. The predicted molar refractivity (Wildman–Crippen MR) is 180 cm³/mol. The fourth-order valence-electron chi connectivity index (χ4n) is 7.23. The van der Waals surface area contributed by atoms with E-state index >= 15 is 0 Å². The largest absolute Gasteiger partial charge is 0.476 e. The van der Waals surface area contributed by atoms with Crippen LogP contribution < -0.4 is 9.47 Å². The fraction of sp³-hybridized carbons (Fsp3) is 0.528. The van der Waals surface area contributed by atoms with E-state index < -0.39 is 28.6 Å². The zero-order valence-electron chi connectivity index (χ0n) is 28.6. The van der Waals surface area contributed by atoms with Crippen molar-refractivity contribution in [1.82, 2.24) is 28.8 Å². The minimum absolute atomic E-state index is 0.163. The molecule has 262 valence electrons. The average Bonchev–Trinajstić information content (AvgIpc) is 3.39. The van der Waals surface area contributed by atoms with Gasteiger partial charge in [-0.25, -0.2) is 8.51 Å². The lowest BCUT2D eigenvalue weighted by atomic mass is 9.71. The highest BCUT2D eigenvalue weighted by Gasteiger charge is 2.51. The van der Waals surface area contributed by atoms with Crippen molar-refractivity contribution < 1.29 is 26.9 Å². The molecule has 2 fully saturated rings. The quantitative estimate of drug-likeness (QED) is 0.199.